The van der Waals surface area contributed by atoms with Crippen molar-refractivity contribution in [3.8, 4) is 11.5 Å². The van der Waals surface area contributed by atoms with Crippen molar-refractivity contribution >= 4 is 23.5 Å². The molecule has 1 aromatic rings. The molecule has 0 heterocycles. The first-order valence-corrected chi connectivity index (χ1v) is 8.54. The molecule has 1 aliphatic rings. The molecule has 0 atom stereocenters. The SMILES string of the molecule is CCOc1cccc(/C=N\NC(=S)NC2CCCCC2)c1OC. The average molecular weight is 335 g/mol. The lowest BCUT2D eigenvalue weighted by Crippen LogP contribution is -2.40. The van der Waals surface area contributed by atoms with Gasteiger partial charge in [-0.15, -0.1) is 0 Å². The van der Waals surface area contributed by atoms with Crippen LogP contribution in [0.1, 0.15) is 44.6 Å². The van der Waals surface area contributed by atoms with Crippen molar-refractivity contribution in [1.82, 2.24) is 10.7 Å². The Morgan fingerprint density at radius 2 is 2.13 bits per heavy atom. The highest BCUT2D eigenvalue weighted by molar-refractivity contribution is 7.80. The van der Waals surface area contributed by atoms with Crippen LogP contribution in [0.15, 0.2) is 23.3 Å². The van der Waals surface area contributed by atoms with E-state index in [0.717, 1.165) is 5.56 Å². The maximum atomic E-state index is 5.55. The van der Waals surface area contributed by atoms with Crippen LogP contribution in [0, 0.1) is 0 Å². The van der Waals surface area contributed by atoms with E-state index in [4.69, 9.17) is 21.7 Å². The minimum atomic E-state index is 0.467. The number of nitrogens with one attached hydrogen (secondary N) is 2. The monoisotopic (exact) mass is 335 g/mol. The number of para-hydroxylation sites is 1. The summed E-state index contributed by atoms with van der Waals surface area (Å²) in [6.45, 7) is 2.53. The zero-order valence-corrected chi connectivity index (χ0v) is 14.6. The predicted molar refractivity (Wildman–Crippen MR) is 97.5 cm³/mol. The van der Waals surface area contributed by atoms with Gasteiger partial charge in [-0.1, -0.05) is 25.3 Å². The highest BCUT2D eigenvalue weighted by Gasteiger charge is 2.13. The van der Waals surface area contributed by atoms with Crippen LogP contribution in [0.3, 0.4) is 0 Å². The Bertz CT molecular complexity index is 543. The van der Waals surface area contributed by atoms with Crippen LogP contribution in [-0.4, -0.2) is 31.1 Å². The molecule has 0 radical (unpaired) electrons. The maximum Gasteiger partial charge on any atom is 0.187 e. The first-order valence-electron chi connectivity index (χ1n) is 8.14. The molecule has 0 bridgehead atoms. The highest BCUT2D eigenvalue weighted by Crippen LogP contribution is 2.29. The van der Waals surface area contributed by atoms with Gasteiger partial charge in [0.05, 0.1) is 19.9 Å². The second-order valence-electron chi connectivity index (χ2n) is 5.49. The van der Waals surface area contributed by atoms with Gasteiger partial charge < -0.3 is 14.8 Å². The quantitative estimate of drug-likeness (QED) is 0.475. The first-order chi connectivity index (χ1) is 11.2. The van der Waals surface area contributed by atoms with Gasteiger partial charge in [-0.3, -0.25) is 5.43 Å². The maximum absolute atomic E-state index is 5.55. The standard InChI is InChI=1S/C17H25N3O2S/c1-3-22-15-11-7-8-13(16(15)21-2)12-18-20-17(23)19-14-9-5-4-6-10-14/h7-8,11-12,14H,3-6,9-10H2,1-2H3,(H2,19,20,23)/b18-12-. The van der Waals surface area contributed by atoms with Crippen molar-refractivity contribution in [3.63, 3.8) is 0 Å². The van der Waals surface area contributed by atoms with E-state index in [-0.39, 0.29) is 0 Å². The molecule has 2 N–H and O–H groups in total. The van der Waals surface area contributed by atoms with E-state index in [1.165, 1.54) is 32.1 Å². The molecule has 0 spiro atoms. The smallest absolute Gasteiger partial charge is 0.187 e. The summed E-state index contributed by atoms with van der Waals surface area (Å²) < 4.78 is 11.0. The number of nitrogens with zero attached hydrogens (tertiary/aromatic N) is 1. The normalized spacial score (nSPS) is 15.4. The molecule has 1 aromatic carbocycles. The van der Waals surface area contributed by atoms with Crippen molar-refractivity contribution in [2.24, 2.45) is 5.10 Å². The fourth-order valence-corrected chi connectivity index (χ4v) is 2.97. The van der Waals surface area contributed by atoms with Gasteiger partial charge in [-0.05, 0) is 44.1 Å². The van der Waals surface area contributed by atoms with Gasteiger partial charge >= 0.3 is 0 Å². The molecule has 5 nitrogen and oxygen atoms in total. The highest BCUT2D eigenvalue weighted by atomic mass is 32.1. The zero-order chi connectivity index (χ0) is 16.5. The van der Waals surface area contributed by atoms with E-state index in [1.807, 2.05) is 25.1 Å². The summed E-state index contributed by atoms with van der Waals surface area (Å²) in [5.74, 6) is 1.38. The van der Waals surface area contributed by atoms with Crippen molar-refractivity contribution < 1.29 is 9.47 Å². The molecule has 1 saturated carbocycles. The van der Waals surface area contributed by atoms with Crippen LogP contribution in [-0.2, 0) is 0 Å². The van der Waals surface area contributed by atoms with Crippen LogP contribution < -0.4 is 20.2 Å². The van der Waals surface area contributed by atoms with E-state index < -0.39 is 0 Å². The zero-order valence-electron chi connectivity index (χ0n) is 13.8. The Hall–Kier alpha value is -1.82. The first kappa shape index (κ1) is 17.5. The van der Waals surface area contributed by atoms with Crippen molar-refractivity contribution in [2.45, 2.75) is 45.1 Å². The van der Waals surface area contributed by atoms with E-state index in [1.54, 1.807) is 13.3 Å². The molecule has 0 aliphatic heterocycles. The minimum absolute atomic E-state index is 0.467. The molecule has 0 amide bonds. The van der Waals surface area contributed by atoms with Crippen LogP contribution in [0.2, 0.25) is 0 Å². The second-order valence-corrected chi connectivity index (χ2v) is 5.90. The fraction of sp³-hybridized carbons (Fsp3) is 0.529. The van der Waals surface area contributed by atoms with Crippen LogP contribution in [0.5, 0.6) is 11.5 Å². The molecule has 0 aromatic heterocycles. The van der Waals surface area contributed by atoms with E-state index in [2.05, 4.69) is 15.8 Å². The van der Waals surface area contributed by atoms with Gasteiger partial charge in [0.25, 0.3) is 0 Å². The lowest BCUT2D eigenvalue weighted by Gasteiger charge is -2.23. The van der Waals surface area contributed by atoms with Gasteiger partial charge in [-0.2, -0.15) is 5.10 Å². The molecule has 23 heavy (non-hydrogen) atoms. The summed E-state index contributed by atoms with van der Waals surface area (Å²) in [5, 5.41) is 8.08. The van der Waals surface area contributed by atoms with Gasteiger partial charge in [0.2, 0.25) is 0 Å². The van der Waals surface area contributed by atoms with Gasteiger partial charge in [0.1, 0.15) is 0 Å². The molecule has 1 fully saturated rings. The number of ether oxygens (including phenoxy) is 2. The number of hydrogen-bond acceptors (Lipinski definition) is 4. The summed E-state index contributed by atoms with van der Waals surface area (Å²) in [4.78, 5) is 0. The predicted octanol–water partition coefficient (Wildman–Crippen LogP) is 3.22. The van der Waals surface area contributed by atoms with Crippen molar-refractivity contribution in [3.05, 3.63) is 23.8 Å². The van der Waals surface area contributed by atoms with Gasteiger partial charge in [0, 0.05) is 11.6 Å². The number of thiocarbonyl (C=S) groups is 1. The molecular formula is C17H25N3O2S. The Morgan fingerprint density at radius 3 is 2.83 bits per heavy atom. The van der Waals surface area contributed by atoms with E-state index >= 15 is 0 Å². The molecule has 1 aliphatic carbocycles. The van der Waals surface area contributed by atoms with Gasteiger partial charge in [0.15, 0.2) is 16.6 Å². The number of hydrogen-bond donors (Lipinski definition) is 2. The van der Waals surface area contributed by atoms with E-state index in [9.17, 15) is 0 Å². The molecule has 0 saturated heterocycles. The Balaban J connectivity index is 1.91. The molecule has 6 heteroatoms. The van der Waals surface area contributed by atoms with Crippen molar-refractivity contribution in [1.29, 1.82) is 0 Å². The molecule has 126 valence electrons. The number of hydrazone groups is 1. The lowest BCUT2D eigenvalue weighted by molar-refractivity contribution is 0.310. The number of rotatable bonds is 6. The second kappa shape index (κ2) is 9.35. The molecule has 2 rings (SSSR count). The minimum Gasteiger partial charge on any atom is -0.492 e. The summed E-state index contributed by atoms with van der Waals surface area (Å²) in [7, 11) is 1.62. The third-order valence-electron chi connectivity index (χ3n) is 3.82. The van der Waals surface area contributed by atoms with Gasteiger partial charge in [-0.25, -0.2) is 0 Å². The van der Waals surface area contributed by atoms with Crippen LogP contribution >= 0.6 is 12.2 Å². The Morgan fingerprint density at radius 1 is 1.35 bits per heavy atom. The molecule has 0 unspecified atom stereocenters. The summed E-state index contributed by atoms with van der Waals surface area (Å²) in [6, 6.07) is 6.18. The lowest BCUT2D eigenvalue weighted by atomic mass is 9.96. The van der Waals surface area contributed by atoms with Crippen LogP contribution in [0.25, 0.3) is 0 Å². The molecular weight excluding hydrogens is 310 g/mol. The number of benzene rings is 1. The number of methoxy groups -OCH3 is 1. The van der Waals surface area contributed by atoms with E-state index in [0.29, 0.717) is 29.3 Å². The topological polar surface area (TPSA) is 54.9 Å². The Labute approximate surface area is 143 Å². The van der Waals surface area contributed by atoms with Crippen molar-refractivity contribution in [2.75, 3.05) is 13.7 Å². The third-order valence-corrected chi connectivity index (χ3v) is 4.03. The largest absolute Gasteiger partial charge is 0.492 e. The van der Waals surface area contributed by atoms with Crippen LogP contribution in [0.4, 0.5) is 0 Å². The fourth-order valence-electron chi connectivity index (χ4n) is 2.75. The average Bonchev–Trinajstić information content (AvgIpc) is 2.56. The summed E-state index contributed by atoms with van der Waals surface area (Å²) in [6.07, 6.45) is 7.91. The summed E-state index contributed by atoms with van der Waals surface area (Å²) in [5.41, 5.74) is 3.71. The summed E-state index contributed by atoms with van der Waals surface area (Å²) >= 11 is 5.29. The third kappa shape index (κ3) is 5.39. The Kier molecular flexibility index (Phi) is 7.13.